The van der Waals surface area contributed by atoms with Crippen LogP contribution in [0.2, 0.25) is 0 Å². The molecule has 0 saturated heterocycles. The predicted octanol–water partition coefficient (Wildman–Crippen LogP) is 5.96. The number of aryl methyl sites for hydroxylation is 1. The number of hydrogen-bond acceptors (Lipinski definition) is 7. The molecule has 0 aromatic heterocycles. The summed E-state index contributed by atoms with van der Waals surface area (Å²) in [6, 6.07) is 27.9. The second-order valence-electron chi connectivity index (χ2n) is 9.54. The SMILES string of the molecule is [2H]C([2H])(Cc1ccc(OCc2ccccc2)c(OC([2H])([2H])[2H])c1)NC(=O)Cc1ccc(OC)cc1C(OCc1ccccc1)OC(C)=O. The highest BCUT2D eigenvalue weighted by molar-refractivity contribution is 5.79. The summed E-state index contributed by atoms with van der Waals surface area (Å²) < 4.78 is 67.6. The van der Waals surface area contributed by atoms with Gasteiger partial charge in [0.2, 0.25) is 12.2 Å². The lowest BCUT2D eigenvalue weighted by atomic mass is 10.0. The van der Waals surface area contributed by atoms with Crippen LogP contribution < -0.4 is 19.5 Å². The standard InChI is InChI=1S/C35H37NO7/c1-25(37)43-35(42-24-28-12-8-5-9-13-28)31-22-30(39-2)16-15-29(31)21-34(38)36-19-18-26-14-17-32(33(20-26)40-3)41-23-27-10-6-4-7-11-27/h4-17,20,22,35H,18-19,21,23-24H2,1-3H3,(H,36,38)/i3D3,19D2. The van der Waals surface area contributed by atoms with Crippen molar-refractivity contribution in [1.29, 1.82) is 0 Å². The lowest BCUT2D eigenvalue weighted by Crippen LogP contribution is -2.28. The predicted molar refractivity (Wildman–Crippen MR) is 163 cm³/mol. The fourth-order valence-electron chi connectivity index (χ4n) is 4.22. The molecular formula is C35H37NO7. The Bertz CT molecular complexity index is 1670. The van der Waals surface area contributed by atoms with Crippen LogP contribution in [0.3, 0.4) is 0 Å². The van der Waals surface area contributed by atoms with E-state index in [1.165, 1.54) is 26.2 Å². The summed E-state index contributed by atoms with van der Waals surface area (Å²) in [6.45, 7) is -0.714. The number of nitrogens with one attached hydrogen (secondary N) is 1. The number of carbonyl (C=O) groups excluding carboxylic acids is 2. The first kappa shape index (κ1) is 24.7. The van der Waals surface area contributed by atoms with Crippen molar-refractivity contribution in [2.45, 2.75) is 39.3 Å². The molecule has 0 aliphatic rings. The van der Waals surface area contributed by atoms with Gasteiger partial charge in [0, 0.05) is 21.7 Å². The summed E-state index contributed by atoms with van der Waals surface area (Å²) in [5.74, 6) is -0.720. The summed E-state index contributed by atoms with van der Waals surface area (Å²) >= 11 is 0. The maximum atomic E-state index is 13.2. The maximum Gasteiger partial charge on any atom is 0.305 e. The van der Waals surface area contributed by atoms with Gasteiger partial charge in [-0.1, -0.05) is 72.8 Å². The molecule has 0 saturated carbocycles. The van der Waals surface area contributed by atoms with Crippen molar-refractivity contribution in [2.75, 3.05) is 20.6 Å². The van der Waals surface area contributed by atoms with Crippen molar-refractivity contribution in [3.8, 4) is 17.2 Å². The number of rotatable bonds is 15. The summed E-state index contributed by atoms with van der Waals surface area (Å²) in [5.41, 5.74) is 2.86. The van der Waals surface area contributed by atoms with Crippen molar-refractivity contribution < 1.29 is 40.1 Å². The van der Waals surface area contributed by atoms with Crippen molar-refractivity contribution in [3.05, 3.63) is 125 Å². The maximum absolute atomic E-state index is 13.2. The number of carbonyl (C=O) groups is 2. The second kappa shape index (κ2) is 16.0. The van der Waals surface area contributed by atoms with Crippen molar-refractivity contribution in [1.82, 2.24) is 5.32 Å². The molecule has 0 bridgehead atoms. The molecule has 4 rings (SSSR count). The Labute approximate surface area is 259 Å². The zero-order chi connectivity index (χ0) is 34.7. The normalized spacial score (nSPS) is 13.7. The number of benzene rings is 4. The first-order valence-corrected chi connectivity index (χ1v) is 13.6. The largest absolute Gasteiger partial charge is 0.497 e. The molecule has 0 aliphatic heterocycles. The Morgan fingerprint density at radius 1 is 0.837 bits per heavy atom. The number of methoxy groups -OCH3 is 2. The number of esters is 1. The highest BCUT2D eigenvalue weighted by Crippen LogP contribution is 2.30. The van der Waals surface area contributed by atoms with E-state index in [1.54, 1.807) is 24.3 Å². The first-order chi connectivity index (χ1) is 22.8. The lowest BCUT2D eigenvalue weighted by Gasteiger charge is -2.21. The minimum absolute atomic E-state index is 0.0829. The molecule has 0 fully saturated rings. The quantitative estimate of drug-likeness (QED) is 0.135. The van der Waals surface area contributed by atoms with Gasteiger partial charge in [-0.15, -0.1) is 0 Å². The monoisotopic (exact) mass is 588 g/mol. The minimum Gasteiger partial charge on any atom is -0.497 e. The van der Waals surface area contributed by atoms with Gasteiger partial charge in [-0.05, 0) is 52.9 Å². The van der Waals surface area contributed by atoms with Crippen LogP contribution in [0.25, 0.3) is 0 Å². The smallest absolute Gasteiger partial charge is 0.305 e. The zero-order valence-corrected chi connectivity index (χ0v) is 24.0. The molecule has 8 heteroatoms. The third-order valence-electron chi connectivity index (χ3n) is 6.35. The fourth-order valence-corrected chi connectivity index (χ4v) is 4.22. The van der Waals surface area contributed by atoms with E-state index in [0.717, 1.165) is 11.1 Å². The first-order valence-electron chi connectivity index (χ1n) is 16.1. The van der Waals surface area contributed by atoms with Gasteiger partial charge in [0.15, 0.2) is 11.5 Å². The molecule has 0 heterocycles. The Morgan fingerprint density at radius 2 is 1.56 bits per heavy atom. The number of hydrogen-bond donors (Lipinski definition) is 1. The minimum atomic E-state index is -2.78. The fraction of sp³-hybridized carbons (Fsp3) is 0.257. The zero-order valence-electron chi connectivity index (χ0n) is 29.0. The molecule has 43 heavy (non-hydrogen) atoms. The van der Waals surface area contributed by atoms with E-state index in [4.69, 9.17) is 30.5 Å². The van der Waals surface area contributed by atoms with Crippen LogP contribution >= 0.6 is 0 Å². The van der Waals surface area contributed by atoms with Gasteiger partial charge in [0.1, 0.15) is 12.4 Å². The molecule has 4 aromatic rings. The van der Waals surface area contributed by atoms with Crippen LogP contribution in [0.5, 0.6) is 17.2 Å². The highest BCUT2D eigenvalue weighted by Gasteiger charge is 2.22. The second-order valence-corrected chi connectivity index (χ2v) is 9.54. The van der Waals surface area contributed by atoms with E-state index in [9.17, 15) is 9.59 Å². The van der Waals surface area contributed by atoms with Gasteiger partial charge in [0.05, 0.1) is 31.3 Å². The van der Waals surface area contributed by atoms with Crippen LogP contribution in [0.15, 0.2) is 97.1 Å². The van der Waals surface area contributed by atoms with Crippen LogP contribution in [-0.2, 0) is 45.1 Å². The van der Waals surface area contributed by atoms with Crippen LogP contribution in [0.4, 0.5) is 0 Å². The summed E-state index contributed by atoms with van der Waals surface area (Å²) in [4.78, 5) is 25.2. The van der Waals surface area contributed by atoms with E-state index in [-0.39, 0.29) is 37.6 Å². The Hall–Kier alpha value is -4.82. The number of amides is 1. The van der Waals surface area contributed by atoms with Gasteiger partial charge in [0.25, 0.3) is 0 Å². The highest BCUT2D eigenvalue weighted by atomic mass is 16.7. The van der Waals surface area contributed by atoms with E-state index in [2.05, 4.69) is 5.32 Å². The van der Waals surface area contributed by atoms with Crippen molar-refractivity contribution in [3.63, 3.8) is 0 Å². The molecule has 0 spiro atoms. The molecule has 1 atom stereocenters. The third kappa shape index (κ3) is 9.61. The van der Waals surface area contributed by atoms with Crippen LogP contribution in [-0.4, -0.2) is 32.5 Å². The van der Waals surface area contributed by atoms with Gasteiger partial charge in [-0.25, -0.2) is 0 Å². The molecule has 4 aromatic carbocycles. The topological polar surface area (TPSA) is 92.3 Å². The molecule has 1 amide bonds. The summed E-state index contributed by atoms with van der Waals surface area (Å²) in [7, 11) is -1.30. The molecule has 0 radical (unpaired) electrons. The van der Waals surface area contributed by atoms with Gasteiger partial charge < -0.3 is 29.0 Å². The average molecular weight is 589 g/mol. The van der Waals surface area contributed by atoms with E-state index >= 15 is 0 Å². The van der Waals surface area contributed by atoms with Crippen molar-refractivity contribution in [2.24, 2.45) is 0 Å². The van der Waals surface area contributed by atoms with Crippen LogP contribution in [0.1, 0.15) is 47.9 Å². The average Bonchev–Trinajstić information content (AvgIpc) is 3.02. The van der Waals surface area contributed by atoms with Crippen molar-refractivity contribution >= 4 is 11.9 Å². The summed E-state index contributed by atoms with van der Waals surface area (Å²) in [5, 5.41) is 2.41. The molecule has 224 valence electrons. The van der Waals surface area contributed by atoms with E-state index in [0.29, 0.717) is 22.4 Å². The molecule has 0 aliphatic carbocycles. The Kier molecular flexibility index (Phi) is 9.20. The molecule has 1 unspecified atom stereocenters. The van der Waals surface area contributed by atoms with Crippen LogP contribution in [0, 0.1) is 0 Å². The van der Waals surface area contributed by atoms with E-state index < -0.39 is 31.7 Å². The van der Waals surface area contributed by atoms with Gasteiger partial charge in [-0.2, -0.15) is 0 Å². The Morgan fingerprint density at radius 3 is 2.23 bits per heavy atom. The third-order valence-corrected chi connectivity index (χ3v) is 6.35. The Balaban J connectivity index is 1.49. The molecule has 1 N–H and O–H groups in total. The van der Waals surface area contributed by atoms with Gasteiger partial charge >= 0.3 is 5.97 Å². The van der Waals surface area contributed by atoms with E-state index in [1.807, 2.05) is 60.7 Å². The molecule has 8 nitrogen and oxygen atoms in total. The van der Waals surface area contributed by atoms with Gasteiger partial charge in [-0.3, -0.25) is 9.59 Å². The number of ether oxygens (including phenoxy) is 5. The molecular weight excluding hydrogens is 546 g/mol. The lowest BCUT2D eigenvalue weighted by molar-refractivity contribution is -0.181. The summed E-state index contributed by atoms with van der Waals surface area (Å²) in [6.07, 6.45) is -1.75.